The lowest BCUT2D eigenvalue weighted by atomic mass is 9.99. The lowest BCUT2D eigenvalue weighted by Gasteiger charge is -2.23. The lowest BCUT2D eigenvalue weighted by molar-refractivity contribution is 0.0240. The molecule has 1 aromatic carbocycles. The summed E-state index contributed by atoms with van der Waals surface area (Å²) in [7, 11) is 1.65. The Morgan fingerprint density at radius 1 is 1.42 bits per heavy atom. The monoisotopic (exact) mass is 263 g/mol. The summed E-state index contributed by atoms with van der Waals surface area (Å²) in [5.74, 6) is 0.981. The van der Waals surface area contributed by atoms with Gasteiger partial charge in [0.05, 0.1) is 19.8 Å². The van der Waals surface area contributed by atoms with Crippen molar-refractivity contribution >= 4 is 5.78 Å². The van der Waals surface area contributed by atoms with Crippen molar-refractivity contribution in [3.05, 3.63) is 28.8 Å². The molecule has 1 aliphatic rings. The van der Waals surface area contributed by atoms with Crippen LogP contribution in [0.15, 0.2) is 12.1 Å². The third-order valence-corrected chi connectivity index (χ3v) is 3.40. The zero-order valence-electron chi connectivity index (χ0n) is 11.8. The zero-order valence-corrected chi connectivity index (χ0v) is 11.8. The minimum atomic E-state index is -0.0102. The molecule has 1 aromatic rings. The van der Waals surface area contributed by atoms with Gasteiger partial charge in [-0.15, -0.1) is 0 Å². The number of methoxy groups -OCH3 is 1. The summed E-state index contributed by atoms with van der Waals surface area (Å²) in [4.78, 5) is 12.3. The van der Waals surface area contributed by atoms with Gasteiger partial charge in [0.15, 0.2) is 5.78 Å². The van der Waals surface area contributed by atoms with E-state index < -0.39 is 0 Å². The molecule has 1 aliphatic heterocycles. The molecule has 0 bridgehead atoms. The fourth-order valence-corrected chi connectivity index (χ4v) is 2.51. The minimum Gasteiger partial charge on any atom is -0.496 e. The summed E-state index contributed by atoms with van der Waals surface area (Å²) < 4.78 is 10.9. The van der Waals surface area contributed by atoms with Crippen molar-refractivity contribution < 1.29 is 14.3 Å². The van der Waals surface area contributed by atoms with Crippen LogP contribution in [0.4, 0.5) is 0 Å². The molecular formula is C15H21NO3. The molecule has 0 aliphatic carbocycles. The maximum atomic E-state index is 12.3. The molecule has 1 heterocycles. The number of benzene rings is 1. The fraction of sp³-hybridized carbons (Fsp3) is 0.533. The summed E-state index contributed by atoms with van der Waals surface area (Å²) in [5, 5.41) is 3.24. The van der Waals surface area contributed by atoms with E-state index in [1.807, 2.05) is 26.0 Å². The van der Waals surface area contributed by atoms with E-state index in [1.54, 1.807) is 7.11 Å². The highest BCUT2D eigenvalue weighted by Crippen LogP contribution is 2.25. The van der Waals surface area contributed by atoms with Crippen LogP contribution in [0.3, 0.4) is 0 Å². The Bertz CT molecular complexity index is 441. The summed E-state index contributed by atoms with van der Waals surface area (Å²) >= 11 is 0. The van der Waals surface area contributed by atoms with Gasteiger partial charge in [-0.25, -0.2) is 0 Å². The van der Waals surface area contributed by atoms with E-state index in [9.17, 15) is 4.79 Å². The van der Waals surface area contributed by atoms with Crippen LogP contribution in [0.1, 0.15) is 27.9 Å². The van der Waals surface area contributed by atoms with Crippen molar-refractivity contribution in [1.29, 1.82) is 0 Å². The standard InChI is InChI=1S/C15H21NO3/c1-10-6-12(7-11(2)15(10)18-3)14(17)8-13-9-16-4-5-19-13/h6-7,13,16H,4-5,8-9H2,1-3H3. The Morgan fingerprint density at radius 2 is 2.11 bits per heavy atom. The predicted molar refractivity (Wildman–Crippen MR) is 74.0 cm³/mol. The number of rotatable bonds is 4. The number of carbonyl (C=O) groups excluding carboxylic acids is 1. The summed E-state index contributed by atoms with van der Waals surface area (Å²) in [6, 6.07) is 3.79. The Labute approximate surface area is 114 Å². The molecule has 1 atom stereocenters. The van der Waals surface area contributed by atoms with E-state index in [2.05, 4.69) is 5.32 Å². The third-order valence-electron chi connectivity index (χ3n) is 3.40. The molecular weight excluding hydrogens is 242 g/mol. The summed E-state index contributed by atoms with van der Waals surface area (Å²) in [6.07, 6.45) is 0.419. The van der Waals surface area contributed by atoms with E-state index in [4.69, 9.17) is 9.47 Å². The number of carbonyl (C=O) groups is 1. The molecule has 4 nitrogen and oxygen atoms in total. The van der Waals surface area contributed by atoms with Gasteiger partial charge in [-0.2, -0.15) is 0 Å². The number of nitrogens with one attached hydrogen (secondary N) is 1. The van der Waals surface area contributed by atoms with Crippen molar-refractivity contribution in [2.75, 3.05) is 26.8 Å². The number of hydrogen-bond donors (Lipinski definition) is 1. The molecule has 1 saturated heterocycles. The van der Waals surface area contributed by atoms with Crippen LogP contribution in [0.5, 0.6) is 5.75 Å². The number of Topliss-reactive ketones (excluding diaryl/α,β-unsaturated/α-hetero) is 1. The highest BCUT2D eigenvalue weighted by atomic mass is 16.5. The number of ether oxygens (including phenoxy) is 2. The van der Waals surface area contributed by atoms with Gasteiger partial charge in [0.25, 0.3) is 0 Å². The molecule has 104 valence electrons. The van der Waals surface area contributed by atoms with Gasteiger partial charge in [0.2, 0.25) is 0 Å². The van der Waals surface area contributed by atoms with Crippen molar-refractivity contribution in [3.8, 4) is 5.75 Å². The van der Waals surface area contributed by atoms with Gasteiger partial charge in [0, 0.05) is 25.1 Å². The van der Waals surface area contributed by atoms with Gasteiger partial charge < -0.3 is 14.8 Å². The first-order valence-electron chi connectivity index (χ1n) is 6.62. The Balaban J connectivity index is 2.10. The molecule has 4 heteroatoms. The molecule has 0 amide bonds. The van der Waals surface area contributed by atoms with E-state index in [1.165, 1.54) is 0 Å². The van der Waals surface area contributed by atoms with E-state index in [0.29, 0.717) is 13.0 Å². The summed E-state index contributed by atoms with van der Waals surface area (Å²) in [5.41, 5.74) is 2.73. The maximum Gasteiger partial charge on any atom is 0.165 e. The second kappa shape index (κ2) is 6.17. The van der Waals surface area contributed by atoms with Crippen molar-refractivity contribution in [2.45, 2.75) is 26.4 Å². The molecule has 0 spiro atoms. The molecule has 19 heavy (non-hydrogen) atoms. The Morgan fingerprint density at radius 3 is 2.63 bits per heavy atom. The second-order valence-electron chi connectivity index (χ2n) is 4.97. The highest BCUT2D eigenvalue weighted by Gasteiger charge is 2.19. The first-order chi connectivity index (χ1) is 9.11. The fourth-order valence-electron chi connectivity index (χ4n) is 2.51. The maximum absolute atomic E-state index is 12.3. The molecule has 1 unspecified atom stereocenters. The van der Waals surface area contributed by atoms with E-state index in [0.717, 1.165) is 35.5 Å². The van der Waals surface area contributed by atoms with Gasteiger partial charge in [-0.05, 0) is 37.1 Å². The van der Waals surface area contributed by atoms with Gasteiger partial charge in [-0.1, -0.05) is 0 Å². The van der Waals surface area contributed by atoms with E-state index in [-0.39, 0.29) is 11.9 Å². The third kappa shape index (κ3) is 3.33. The number of morpholine rings is 1. The largest absolute Gasteiger partial charge is 0.496 e. The predicted octanol–water partition coefficient (Wildman–Crippen LogP) is 1.87. The molecule has 0 aromatic heterocycles. The quantitative estimate of drug-likeness (QED) is 0.843. The van der Waals surface area contributed by atoms with Crippen molar-refractivity contribution in [1.82, 2.24) is 5.32 Å². The smallest absolute Gasteiger partial charge is 0.165 e. The van der Waals surface area contributed by atoms with Gasteiger partial charge in [-0.3, -0.25) is 4.79 Å². The first kappa shape index (κ1) is 14.0. The SMILES string of the molecule is COc1c(C)cc(C(=O)CC2CNCCO2)cc1C. The van der Waals surface area contributed by atoms with Crippen molar-refractivity contribution in [3.63, 3.8) is 0 Å². The molecule has 0 radical (unpaired) electrons. The number of hydrogen-bond acceptors (Lipinski definition) is 4. The minimum absolute atomic E-state index is 0.0102. The normalized spacial score (nSPS) is 19.2. The average Bonchev–Trinajstić information content (AvgIpc) is 2.39. The Hall–Kier alpha value is -1.39. The molecule has 1 N–H and O–H groups in total. The zero-order chi connectivity index (χ0) is 13.8. The Kier molecular flexibility index (Phi) is 4.56. The molecule has 0 saturated carbocycles. The van der Waals surface area contributed by atoms with E-state index >= 15 is 0 Å². The van der Waals surface area contributed by atoms with Crippen LogP contribution in [-0.2, 0) is 4.74 Å². The van der Waals surface area contributed by atoms with Crippen LogP contribution in [0.2, 0.25) is 0 Å². The highest BCUT2D eigenvalue weighted by molar-refractivity contribution is 5.97. The van der Waals surface area contributed by atoms with Crippen LogP contribution in [-0.4, -0.2) is 38.7 Å². The van der Waals surface area contributed by atoms with Crippen LogP contribution in [0.25, 0.3) is 0 Å². The molecule has 2 rings (SSSR count). The summed E-state index contributed by atoms with van der Waals surface area (Å²) in [6.45, 7) is 6.21. The number of ketones is 1. The van der Waals surface area contributed by atoms with Gasteiger partial charge in [0.1, 0.15) is 5.75 Å². The van der Waals surface area contributed by atoms with Crippen LogP contribution in [0, 0.1) is 13.8 Å². The topological polar surface area (TPSA) is 47.6 Å². The average molecular weight is 263 g/mol. The molecule has 1 fully saturated rings. The van der Waals surface area contributed by atoms with Crippen molar-refractivity contribution in [2.24, 2.45) is 0 Å². The lowest BCUT2D eigenvalue weighted by Crippen LogP contribution is -2.39. The van der Waals surface area contributed by atoms with Crippen LogP contribution < -0.4 is 10.1 Å². The second-order valence-corrected chi connectivity index (χ2v) is 4.97. The van der Waals surface area contributed by atoms with Crippen LogP contribution >= 0.6 is 0 Å². The number of aryl methyl sites for hydroxylation is 2. The first-order valence-corrected chi connectivity index (χ1v) is 6.62. The van der Waals surface area contributed by atoms with Gasteiger partial charge >= 0.3 is 0 Å².